The summed E-state index contributed by atoms with van der Waals surface area (Å²) in [7, 11) is 0. The molecule has 1 atom stereocenters. The Bertz CT molecular complexity index is 415. The minimum Gasteiger partial charge on any atom is -0.303 e. The summed E-state index contributed by atoms with van der Waals surface area (Å²) in [6, 6.07) is 9.86. The molecule has 1 unspecified atom stereocenters. The van der Waals surface area contributed by atoms with E-state index in [4.69, 9.17) is 0 Å². The van der Waals surface area contributed by atoms with Crippen molar-refractivity contribution in [1.29, 1.82) is 0 Å². The van der Waals surface area contributed by atoms with Crippen molar-refractivity contribution in [3.05, 3.63) is 35.4 Å². The fraction of sp³-hybridized carbons (Fsp3) is 0.562. The molecular formula is C16H19OY-. The molecule has 0 N–H and O–H groups in total. The topological polar surface area (TPSA) is 17.1 Å². The Kier molecular flexibility index (Phi) is 4.44. The third-order valence-corrected chi connectivity index (χ3v) is 4.86. The van der Waals surface area contributed by atoms with Crippen LogP contribution in [0.25, 0.3) is 0 Å². The average Bonchev–Trinajstić information content (AvgIpc) is 3.05. The summed E-state index contributed by atoms with van der Waals surface area (Å²) in [5, 5.41) is 0. The van der Waals surface area contributed by atoms with Crippen LogP contribution in [0.5, 0.6) is 0 Å². The van der Waals surface area contributed by atoms with Gasteiger partial charge < -0.3 is 4.79 Å². The molecule has 0 aromatic heterocycles. The molecule has 1 radical (unpaired) electrons. The molecule has 0 amide bonds. The van der Waals surface area contributed by atoms with Crippen molar-refractivity contribution in [2.24, 2.45) is 11.3 Å². The zero-order valence-corrected chi connectivity index (χ0v) is 13.8. The molecule has 0 bridgehead atoms. The van der Waals surface area contributed by atoms with Gasteiger partial charge in [0.05, 0.1) is 0 Å². The maximum absolute atomic E-state index is 10.8. The Hall–Kier alpha value is -0.00610. The number of carbonyl (C=O) groups excluding carboxylic acids is 1. The van der Waals surface area contributed by atoms with Crippen molar-refractivity contribution in [3.63, 3.8) is 0 Å². The molecule has 1 aromatic carbocycles. The smallest absolute Gasteiger partial charge is 0.123 e. The molecule has 3 rings (SSSR count). The minimum absolute atomic E-state index is 0. The predicted octanol–water partition coefficient (Wildman–Crippen LogP) is 3.66. The normalized spacial score (nSPS) is 33.8. The number of carbonyl (C=O) groups is 1. The van der Waals surface area contributed by atoms with E-state index in [1.165, 1.54) is 43.1 Å². The Morgan fingerprint density at radius 1 is 1.33 bits per heavy atom. The first-order valence-electron chi connectivity index (χ1n) is 6.67. The number of hydrogen-bond donors (Lipinski definition) is 0. The average molecular weight is 316 g/mol. The Labute approximate surface area is 135 Å². The summed E-state index contributed by atoms with van der Waals surface area (Å²) in [6.07, 6.45) is 7.33. The van der Waals surface area contributed by atoms with E-state index in [0.29, 0.717) is 17.3 Å². The maximum atomic E-state index is 10.8. The fourth-order valence-corrected chi connectivity index (χ4v) is 3.44. The Balaban J connectivity index is 0.00000120. The molecule has 2 fully saturated rings. The second-order valence-corrected chi connectivity index (χ2v) is 5.89. The van der Waals surface area contributed by atoms with Crippen LogP contribution in [0.15, 0.2) is 18.2 Å². The first kappa shape index (κ1) is 14.4. The number of aryl methyl sites for hydroxylation is 1. The zero-order valence-electron chi connectivity index (χ0n) is 11.0. The molecule has 1 nitrogen and oxygen atoms in total. The van der Waals surface area contributed by atoms with E-state index >= 15 is 0 Å². The summed E-state index contributed by atoms with van der Waals surface area (Å²) >= 11 is 0. The standard InChI is InChI=1S/C16H19O.Y/c1-12-2-4-13(5-3-12)14-6-8-16(9-7-14)10-15(16)11-17;/h2,4-5,11,14-15H,6-10H2,1H3;/q-1;. The Morgan fingerprint density at radius 3 is 2.56 bits per heavy atom. The van der Waals surface area contributed by atoms with Crippen molar-refractivity contribution in [2.75, 3.05) is 0 Å². The van der Waals surface area contributed by atoms with Crippen LogP contribution in [0.3, 0.4) is 0 Å². The molecule has 2 aliphatic carbocycles. The summed E-state index contributed by atoms with van der Waals surface area (Å²) in [5.74, 6) is 1.08. The van der Waals surface area contributed by atoms with Crippen molar-refractivity contribution in [3.8, 4) is 0 Å². The predicted molar refractivity (Wildman–Crippen MR) is 67.8 cm³/mol. The van der Waals surface area contributed by atoms with Gasteiger partial charge in [-0.3, -0.25) is 0 Å². The van der Waals surface area contributed by atoms with Crippen LogP contribution >= 0.6 is 0 Å². The van der Waals surface area contributed by atoms with Gasteiger partial charge in [-0.05, 0) is 24.7 Å². The van der Waals surface area contributed by atoms with Gasteiger partial charge in [0.15, 0.2) is 0 Å². The first-order valence-corrected chi connectivity index (χ1v) is 6.67. The molecule has 2 heteroatoms. The van der Waals surface area contributed by atoms with Crippen molar-refractivity contribution >= 4 is 6.29 Å². The van der Waals surface area contributed by atoms with Gasteiger partial charge in [-0.25, -0.2) is 0 Å². The number of benzene rings is 1. The van der Waals surface area contributed by atoms with E-state index in [2.05, 4.69) is 31.2 Å². The quantitative estimate of drug-likeness (QED) is 0.601. The summed E-state index contributed by atoms with van der Waals surface area (Å²) in [4.78, 5) is 10.8. The van der Waals surface area contributed by atoms with Gasteiger partial charge in [-0.1, -0.05) is 25.7 Å². The van der Waals surface area contributed by atoms with Crippen LogP contribution in [0.1, 0.15) is 49.1 Å². The van der Waals surface area contributed by atoms with Crippen LogP contribution in [-0.2, 0) is 37.5 Å². The molecule has 2 saturated carbocycles. The van der Waals surface area contributed by atoms with E-state index < -0.39 is 0 Å². The SMILES string of the molecule is Cc1[c-]cc(C2CCC3(CC2)CC3C=O)cc1.[Y]. The third-order valence-electron chi connectivity index (χ3n) is 4.86. The van der Waals surface area contributed by atoms with Crippen LogP contribution in [0.4, 0.5) is 0 Å². The molecule has 2 aliphatic rings. The molecule has 0 heterocycles. The van der Waals surface area contributed by atoms with E-state index in [9.17, 15) is 4.79 Å². The molecular weight excluding hydrogens is 297 g/mol. The molecule has 1 spiro atoms. The third kappa shape index (κ3) is 2.63. The van der Waals surface area contributed by atoms with Crippen LogP contribution in [0.2, 0.25) is 0 Å². The molecule has 93 valence electrons. The Morgan fingerprint density at radius 2 is 2.06 bits per heavy atom. The molecule has 0 aliphatic heterocycles. The summed E-state index contributed by atoms with van der Waals surface area (Å²) in [6.45, 7) is 2.08. The number of aldehydes is 1. The van der Waals surface area contributed by atoms with Gasteiger partial charge in [0, 0.05) is 38.6 Å². The maximum Gasteiger partial charge on any atom is 0.123 e. The van der Waals surface area contributed by atoms with Gasteiger partial charge in [-0.15, -0.1) is 0 Å². The van der Waals surface area contributed by atoms with Gasteiger partial charge in [-0.2, -0.15) is 35.4 Å². The fourth-order valence-electron chi connectivity index (χ4n) is 3.44. The largest absolute Gasteiger partial charge is 0.303 e. The van der Waals surface area contributed by atoms with Crippen LogP contribution in [-0.4, -0.2) is 6.29 Å². The number of hydrogen-bond acceptors (Lipinski definition) is 1. The van der Waals surface area contributed by atoms with Crippen molar-refractivity contribution in [2.45, 2.75) is 44.9 Å². The zero-order chi connectivity index (χ0) is 11.9. The first-order chi connectivity index (χ1) is 8.23. The number of rotatable bonds is 2. The van der Waals surface area contributed by atoms with Gasteiger partial charge in [0.25, 0.3) is 0 Å². The minimum atomic E-state index is 0. The van der Waals surface area contributed by atoms with E-state index in [1.54, 1.807) is 0 Å². The van der Waals surface area contributed by atoms with Crippen molar-refractivity contribution in [1.82, 2.24) is 0 Å². The van der Waals surface area contributed by atoms with Crippen LogP contribution in [0, 0.1) is 24.3 Å². The van der Waals surface area contributed by atoms with Gasteiger partial charge in [0.2, 0.25) is 0 Å². The van der Waals surface area contributed by atoms with E-state index in [-0.39, 0.29) is 32.7 Å². The van der Waals surface area contributed by atoms with E-state index in [0.717, 1.165) is 6.42 Å². The van der Waals surface area contributed by atoms with Crippen LogP contribution < -0.4 is 0 Å². The van der Waals surface area contributed by atoms with Gasteiger partial charge >= 0.3 is 0 Å². The monoisotopic (exact) mass is 316 g/mol. The molecule has 18 heavy (non-hydrogen) atoms. The summed E-state index contributed by atoms with van der Waals surface area (Å²) in [5.41, 5.74) is 3.07. The van der Waals surface area contributed by atoms with E-state index in [1.807, 2.05) is 0 Å². The second-order valence-electron chi connectivity index (χ2n) is 5.89. The van der Waals surface area contributed by atoms with Gasteiger partial charge in [0.1, 0.15) is 6.29 Å². The second kappa shape index (κ2) is 5.55. The molecule has 0 saturated heterocycles. The molecule has 1 aromatic rings. The summed E-state index contributed by atoms with van der Waals surface area (Å²) < 4.78 is 0. The van der Waals surface area contributed by atoms with Crippen molar-refractivity contribution < 1.29 is 37.5 Å².